The first-order valence-electron chi connectivity index (χ1n) is 17.0. The molecule has 0 radical (unpaired) electrons. The SMILES string of the molecule is CN(CCCCCCCC(F)(F)C(F)(F)C(F)(F)F)CCCCC[C@@H]1Cc2cc(O)ccc2[C@@H]2[C@@H]1[C@@H]1CC[C@](C)(O)[C@@]1(C)C[C@@H]2F. The van der Waals surface area contributed by atoms with Crippen LogP contribution in [0.25, 0.3) is 0 Å². The van der Waals surface area contributed by atoms with Crippen LogP contribution >= 0.6 is 0 Å². The molecule has 264 valence electrons. The fraction of sp³-hybridized carbons (Fsp3) is 0.829. The van der Waals surface area contributed by atoms with E-state index < -0.39 is 48.1 Å². The number of halogens is 8. The predicted molar refractivity (Wildman–Crippen MR) is 162 cm³/mol. The van der Waals surface area contributed by atoms with Crippen molar-refractivity contribution < 1.29 is 45.3 Å². The average molecular weight is 670 g/mol. The fourth-order valence-corrected chi connectivity index (χ4v) is 8.98. The van der Waals surface area contributed by atoms with E-state index in [-0.39, 0.29) is 35.8 Å². The van der Waals surface area contributed by atoms with E-state index in [4.69, 9.17) is 0 Å². The molecule has 2 N–H and O–H groups in total. The van der Waals surface area contributed by atoms with Crippen molar-refractivity contribution in [2.75, 3.05) is 20.1 Å². The molecular weight excluding hydrogens is 618 g/mol. The van der Waals surface area contributed by atoms with Gasteiger partial charge >= 0.3 is 18.0 Å². The van der Waals surface area contributed by atoms with Gasteiger partial charge in [-0.05, 0) is 119 Å². The van der Waals surface area contributed by atoms with E-state index in [2.05, 4.69) is 11.8 Å². The van der Waals surface area contributed by atoms with Gasteiger partial charge in [-0.3, -0.25) is 0 Å². The number of phenolic OH excluding ortho intramolecular Hbond substituents is 1. The van der Waals surface area contributed by atoms with Gasteiger partial charge in [0.25, 0.3) is 0 Å². The van der Waals surface area contributed by atoms with Gasteiger partial charge in [0, 0.05) is 17.8 Å². The van der Waals surface area contributed by atoms with Crippen LogP contribution in [0.4, 0.5) is 35.1 Å². The zero-order valence-corrected chi connectivity index (χ0v) is 27.3. The van der Waals surface area contributed by atoms with Crippen molar-refractivity contribution in [3.05, 3.63) is 29.3 Å². The van der Waals surface area contributed by atoms with Crippen LogP contribution < -0.4 is 0 Å². The summed E-state index contributed by atoms with van der Waals surface area (Å²) in [7, 11) is 1.99. The Balaban J connectivity index is 1.19. The minimum atomic E-state index is -6.27. The number of hydrogen-bond acceptors (Lipinski definition) is 3. The molecule has 3 nitrogen and oxygen atoms in total. The van der Waals surface area contributed by atoms with E-state index in [0.717, 1.165) is 69.2 Å². The van der Waals surface area contributed by atoms with Gasteiger partial charge in [-0.2, -0.15) is 30.7 Å². The summed E-state index contributed by atoms with van der Waals surface area (Å²) in [6, 6.07) is 5.35. The van der Waals surface area contributed by atoms with E-state index in [1.807, 2.05) is 20.0 Å². The maximum absolute atomic E-state index is 16.1. The predicted octanol–water partition coefficient (Wildman–Crippen LogP) is 9.84. The van der Waals surface area contributed by atoms with Gasteiger partial charge < -0.3 is 15.1 Å². The third-order valence-electron chi connectivity index (χ3n) is 11.9. The number of aliphatic hydroxyl groups is 1. The normalized spacial score (nSPS) is 31.5. The van der Waals surface area contributed by atoms with Gasteiger partial charge in [0.2, 0.25) is 0 Å². The molecule has 46 heavy (non-hydrogen) atoms. The van der Waals surface area contributed by atoms with Crippen molar-refractivity contribution in [1.82, 2.24) is 4.90 Å². The number of alkyl halides is 8. The first-order valence-corrected chi connectivity index (χ1v) is 17.0. The Morgan fingerprint density at radius 1 is 0.891 bits per heavy atom. The molecule has 3 aliphatic rings. The summed E-state index contributed by atoms with van der Waals surface area (Å²) < 4.78 is 106. The number of phenols is 1. The van der Waals surface area contributed by atoms with Gasteiger partial charge in [0.05, 0.1) is 5.60 Å². The Bertz CT molecular complexity index is 1160. The van der Waals surface area contributed by atoms with Crippen LogP contribution in [-0.4, -0.2) is 65.0 Å². The highest BCUT2D eigenvalue weighted by molar-refractivity contribution is 5.41. The number of rotatable bonds is 15. The van der Waals surface area contributed by atoms with Crippen molar-refractivity contribution in [2.45, 2.75) is 139 Å². The van der Waals surface area contributed by atoms with Crippen molar-refractivity contribution in [3.8, 4) is 5.75 Å². The monoisotopic (exact) mass is 669 g/mol. The van der Waals surface area contributed by atoms with Gasteiger partial charge in [-0.25, -0.2) is 4.39 Å². The number of aromatic hydroxyl groups is 1. The minimum Gasteiger partial charge on any atom is -0.508 e. The second-order valence-electron chi connectivity index (χ2n) is 15.0. The number of fused-ring (bicyclic) bond motifs is 5. The van der Waals surface area contributed by atoms with E-state index in [9.17, 15) is 40.9 Å². The summed E-state index contributed by atoms with van der Waals surface area (Å²) in [4.78, 5) is 2.18. The van der Waals surface area contributed by atoms with Crippen LogP contribution in [0.3, 0.4) is 0 Å². The Morgan fingerprint density at radius 2 is 1.50 bits per heavy atom. The number of benzene rings is 1. The minimum absolute atomic E-state index is 0.148. The molecule has 0 unspecified atom stereocenters. The van der Waals surface area contributed by atoms with Crippen molar-refractivity contribution in [1.29, 1.82) is 0 Å². The maximum atomic E-state index is 16.1. The van der Waals surface area contributed by atoms with Gasteiger partial charge in [-0.1, -0.05) is 45.1 Å². The zero-order valence-electron chi connectivity index (χ0n) is 27.3. The Kier molecular flexibility index (Phi) is 11.4. The van der Waals surface area contributed by atoms with Gasteiger partial charge in [0.15, 0.2) is 0 Å². The molecule has 7 atom stereocenters. The molecule has 0 amide bonds. The lowest BCUT2D eigenvalue weighted by Crippen LogP contribution is -2.54. The molecule has 0 bridgehead atoms. The summed E-state index contributed by atoms with van der Waals surface area (Å²) in [6.07, 6.45) is -0.455. The standard InChI is InChI=1S/C35H51F8NO2/c1-31-22-28(36)30-26-14-13-25(45)21-24(26)20-23(29(30)27(31)15-17-32(31,2)46)12-8-7-11-19-44(3)18-10-6-4-5-9-16-33(37,38)34(39,40)35(41,42)43/h13-14,21,23,27-30,45-46H,4-12,15-20,22H2,1-3H3/t23-,27+,28+,29+,30+,31+,32+/m1/s1. The molecule has 0 aromatic heterocycles. The highest BCUT2D eigenvalue weighted by Crippen LogP contribution is 2.66. The average Bonchev–Trinajstić information content (AvgIpc) is 3.18. The molecule has 0 spiro atoms. The lowest BCUT2D eigenvalue weighted by molar-refractivity contribution is -0.355. The Labute approximate surface area is 268 Å². The van der Waals surface area contributed by atoms with Crippen molar-refractivity contribution in [3.63, 3.8) is 0 Å². The van der Waals surface area contributed by atoms with Crippen LogP contribution in [0.15, 0.2) is 18.2 Å². The third-order valence-corrected chi connectivity index (χ3v) is 11.9. The second-order valence-corrected chi connectivity index (χ2v) is 15.0. The van der Waals surface area contributed by atoms with Crippen LogP contribution in [0, 0.1) is 23.2 Å². The Hall–Kier alpha value is -1.62. The van der Waals surface area contributed by atoms with Crippen LogP contribution in [-0.2, 0) is 6.42 Å². The summed E-state index contributed by atoms with van der Waals surface area (Å²) >= 11 is 0. The summed E-state index contributed by atoms with van der Waals surface area (Å²) in [5.74, 6) is -10.5. The van der Waals surface area contributed by atoms with E-state index in [1.54, 1.807) is 12.1 Å². The highest BCUT2D eigenvalue weighted by atomic mass is 19.4. The summed E-state index contributed by atoms with van der Waals surface area (Å²) in [5, 5.41) is 21.4. The molecule has 0 aliphatic heterocycles. The van der Waals surface area contributed by atoms with Crippen LogP contribution in [0.5, 0.6) is 5.75 Å². The van der Waals surface area contributed by atoms with Crippen LogP contribution in [0.2, 0.25) is 0 Å². The molecule has 3 aliphatic carbocycles. The number of hydrogen-bond donors (Lipinski definition) is 2. The molecule has 1 aromatic carbocycles. The maximum Gasteiger partial charge on any atom is 0.459 e. The molecular formula is C35H51F8NO2. The molecule has 1 aromatic rings. The summed E-state index contributed by atoms with van der Waals surface area (Å²) in [5.41, 5.74) is 0.702. The first-order chi connectivity index (χ1) is 21.3. The molecule has 4 rings (SSSR count). The van der Waals surface area contributed by atoms with E-state index >= 15 is 4.39 Å². The van der Waals surface area contributed by atoms with E-state index in [1.165, 1.54) is 0 Å². The molecule has 11 heteroatoms. The van der Waals surface area contributed by atoms with Gasteiger partial charge in [0.1, 0.15) is 11.9 Å². The first kappa shape index (κ1) is 37.2. The molecule has 0 heterocycles. The molecule has 0 saturated heterocycles. The Morgan fingerprint density at radius 3 is 2.15 bits per heavy atom. The van der Waals surface area contributed by atoms with Crippen molar-refractivity contribution in [2.24, 2.45) is 23.2 Å². The van der Waals surface area contributed by atoms with E-state index in [0.29, 0.717) is 25.7 Å². The quantitative estimate of drug-likeness (QED) is 0.144. The summed E-state index contributed by atoms with van der Waals surface area (Å²) in [6.45, 7) is 5.58. The number of unbranched alkanes of at least 4 members (excludes halogenated alkanes) is 6. The lowest BCUT2D eigenvalue weighted by Gasteiger charge is -2.56. The highest BCUT2D eigenvalue weighted by Gasteiger charge is 2.72. The topological polar surface area (TPSA) is 43.7 Å². The lowest BCUT2D eigenvalue weighted by atomic mass is 9.50. The second kappa shape index (κ2) is 14.1. The van der Waals surface area contributed by atoms with Gasteiger partial charge in [-0.15, -0.1) is 0 Å². The smallest absolute Gasteiger partial charge is 0.459 e. The number of nitrogens with zero attached hydrogens (tertiary/aromatic N) is 1. The van der Waals surface area contributed by atoms with Crippen LogP contribution in [0.1, 0.15) is 114 Å². The molecule has 2 saturated carbocycles. The zero-order chi connectivity index (χ0) is 34.1. The fourth-order valence-electron chi connectivity index (χ4n) is 8.98. The van der Waals surface area contributed by atoms with Crippen molar-refractivity contribution >= 4 is 0 Å². The largest absolute Gasteiger partial charge is 0.508 e. The molecule has 2 fully saturated rings. The third kappa shape index (κ3) is 7.50.